The quantitative estimate of drug-likeness (QED) is 0.539. The van der Waals surface area contributed by atoms with Gasteiger partial charge in [0.1, 0.15) is 6.04 Å². The summed E-state index contributed by atoms with van der Waals surface area (Å²) >= 11 is 1.47. The van der Waals surface area contributed by atoms with Gasteiger partial charge in [0, 0.05) is 22.6 Å². The topological polar surface area (TPSA) is 66.5 Å². The van der Waals surface area contributed by atoms with Crippen molar-refractivity contribution in [3.8, 4) is 0 Å². The molecule has 2 aliphatic rings. The predicted molar refractivity (Wildman–Crippen MR) is 128 cm³/mol. The number of hydrogen-bond acceptors (Lipinski definition) is 5. The molecule has 1 aromatic heterocycles. The van der Waals surface area contributed by atoms with E-state index in [-0.39, 0.29) is 10.7 Å². The van der Waals surface area contributed by atoms with Crippen LogP contribution >= 0.6 is 11.3 Å². The van der Waals surface area contributed by atoms with Gasteiger partial charge in [-0.25, -0.2) is 8.42 Å². The number of nitrogens with one attached hydrogen (secondary N) is 1. The lowest BCUT2D eigenvalue weighted by Gasteiger charge is -2.33. The Morgan fingerprint density at radius 2 is 1.81 bits per heavy atom. The minimum Gasteiger partial charge on any atom is -0.357 e. The van der Waals surface area contributed by atoms with Crippen LogP contribution in [-0.2, 0) is 21.2 Å². The van der Waals surface area contributed by atoms with E-state index in [9.17, 15) is 13.2 Å². The standard InChI is InChI=1S/C25H24N2O3S2/c1-2-17-12-14-18(15-13-17)32(29,30)27-21-9-4-3-7-19(21)26-20-8-5-10-22(28)24(20)25(27)23-11-6-16-31-23/h3-4,6-7,9,11-16,25-26H,2,5,8,10H2,1H3/t25-/m0/s1. The number of anilines is 2. The third kappa shape index (κ3) is 3.45. The van der Waals surface area contributed by atoms with E-state index in [0.717, 1.165) is 35.4 Å². The fraction of sp³-hybridized carbons (Fsp3) is 0.240. The lowest BCUT2D eigenvalue weighted by atomic mass is 9.89. The molecule has 0 radical (unpaired) electrons. The van der Waals surface area contributed by atoms with Crippen LogP contribution in [0.1, 0.15) is 42.7 Å². The molecule has 0 saturated carbocycles. The lowest BCUT2D eigenvalue weighted by Crippen LogP contribution is -2.37. The number of sulfonamides is 1. The van der Waals surface area contributed by atoms with Crippen molar-refractivity contribution in [3.63, 3.8) is 0 Å². The number of para-hydroxylation sites is 2. The summed E-state index contributed by atoms with van der Waals surface area (Å²) in [7, 11) is -3.96. The highest BCUT2D eigenvalue weighted by molar-refractivity contribution is 7.92. The first-order chi connectivity index (χ1) is 15.5. The van der Waals surface area contributed by atoms with Crippen LogP contribution in [0.25, 0.3) is 0 Å². The molecule has 0 bridgehead atoms. The number of aryl methyl sites for hydroxylation is 1. The summed E-state index contributed by atoms with van der Waals surface area (Å²) in [6.07, 6.45) is 2.74. The van der Waals surface area contributed by atoms with Crippen LogP contribution in [0.2, 0.25) is 0 Å². The number of rotatable bonds is 4. The zero-order valence-electron chi connectivity index (χ0n) is 17.7. The van der Waals surface area contributed by atoms with Crippen LogP contribution in [-0.4, -0.2) is 14.2 Å². The number of hydrogen-bond donors (Lipinski definition) is 1. The molecule has 0 amide bonds. The Morgan fingerprint density at radius 1 is 1.03 bits per heavy atom. The Balaban J connectivity index is 1.79. The van der Waals surface area contributed by atoms with Crippen LogP contribution < -0.4 is 9.62 Å². The smallest absolute Gasteiger partial charge is 0.265 e. The third-order valence-electron chi connectivity index (χ3n) is 6.09. The van der Waals surface area contributed by atoms with E-state index in [1.165, 1.54) is 15.6 Å². The SMILES string of the molecule is CCc1ccc(S(=O)(=O)N2c3ccccc3NC3=C(C(=O)CCC3)[C@@H]2c2cccs2)cc1. The first kappa shape index (κ1) is 21.0. The molecule has 32 heavy (non-hydrogen) atoms. The van der Waals surface area contributed by atoms with Crippen molar-refractivity contribution in [2.75, 3.05) is 9.62 Å². The van der Waals surface area contributed by atoms with Crippen LogP contribution in [0.5, 0.6) is 0 Å². The molecule has 0 fully saturated rings. The fourth-order valence-corrected chi connectivity index (χ4v) is 7.00. The van der Waals surface area contributed by atoms with Gasteiger partial charge >= 0.3 is 0 Å². The number of benzene rings is 2. The summed E-state index contributed by atoms with van der Waals surface area (Å²) in [5.41, 5.74) is 3.70. The van der Waals surface area contributed by atoms with Crippen LogP contribution in [0, 0.1) is 0 Å². The van der Waals surface area contributed by atoms with Crippen molar-refractivity contribution >= 4 is 38.5 Å². The number of Topliss-reactive ketones (excluding diaryl/α,β-unsaturated/α-hetero) is 1. The normalized spacial score (nSPS) is 18.6. The molecule has 1 aliphatic carbocycles. The molecular formula is C25H24N2O3S2. The summed E-state index contributed by atoms with van der Waals surface area (Å²) in [5, 5.41) is 5.34. The van der Waals surface area contributed by atoms with Crippen molar-refractivity contribution in [1.82, 2.24) is 0 Å². The van der Waals surface area contributed by atoms with E-state index in [1.54, 1.807) is 12.1 Å². The Bertz CT molecular complexity index is 1290. The Hall–Kier alpha value is -2.90. The lowest BCUT2D eigenvalue weighted by molar-refractivity contribution is -0.116. The second-order valence-corrected chi connectivity index (χ2v) is 10.8. The highest BCUT2D eigenvalue weighted by atomic mass is 32.2. The monoisotopic (exact) mass is 464 g/mol. The molecule has 5 nitrogen and oxygen atoms in total. The Kier molecular flexibility index (Phi) is 5.39. The summed E-state index contributed by atoms with van der Waals surface area (Å²) in [6.45, 7) is 2.04. The molecule has 5 rings (SSSR count). The predicted octanol–water partition coefficient (Wildman–Crippen LogP) is 5.68. The average Bonchev–Trinajstić information content (AvgIpc) is 3.28. The minimum atomic E-state index is -3.96. The van der Waals surface area contributed by atoms with Crippen molar-refractivity contribution in [1.29, 1.82) is 0 Å². The van der Waals surface area contributed by atoms with Crippen molar-refractivity contribution < 1.29 is 13.2 Å². The molecule has 1 atom stereocenters. The highest BCUT2D eigenvalue weighted by Crippen LogP contribution is 2.48. The minimum absolute atomic E-state index is 0.00601. The summed E-state index contributed by atoms with van der Waals surface area (Å²) in [6, 6.07) is 17.5. The first-order valence-electron chi connectivity index (χ1n) is 10.8. The van der Waals surface area contributed by atoms with E-state index in [0.29, 0.717) is 23.4 Å². The number of fused-ring (bicyclic) bond motifs is 1. The van der Waals surface area contributed by atoms with Gasteiger partial charge < -0.3 is 5.32 Å². The molecule has 0 saturated heterocycles. The van der Waals surface area contributed by atoms with Gasteiger partial charge in [-0.15, -0.1) is 11.3 Å². The molecule has 7 heteroatoms. The number of ketones is 1. The zero-order chi connectivity index (χ0) is 22.3. The van der Waals surface area contributed by atoms with Gasteiger partial charge in [0.2, 0.25) is 0 Å². The van der Waals surface area contributed by atoms with E-state index < -0.39 is 16.1 Å². The molecule has 164 valence electrons. The van der Waals surface area contributed by atoms with Gasteiger partial charge in [0.15, 0.2) is 5.78 Å². The van der Waals surface area contributed by atoms with Gasteiger partial charge in [-0.05, 0) is 60.5 Å². The number of thiophene rings is 1. The maximum atomic E-state index is 14.2. The first-order valence-corrected chi connectivity index (χ1v) is 13.1. The van der Waals surface area contributed by atoms with E-state index >= 15 is 0 Å². The van der Waals surface area contributed by atoms with Crippen LogP contribution in [0.3, 0.4) is 0 Å². The Labute approximate surface area is 192 Å². The molecule has 1 N–H and O–H groups in total. The van der Waals surface area contributed by atoms with E-state index in [2.05, 4.69) is 5.32 Å². The fourth-order valence-electron chi connectivity index (χ4n) is 4.48. The maximum absolute atomic E-state index is 14.2. The molecule has 2 heterocycles. The summed E-state index contributed by atoms with van der Waals surface area (Å²) < 4.78 is 29.8. The van der Waals surface area contributed by atoms with E-state index in [4.69, 9.17) is 0 Å². The van der Waals surface area contributed by atoms with Gasteiger partial charge in [0.05, 0.1) is 16.3 Å². The van der Waals surface area contributed by atoms with Crippen molar-refractivity contribution in [2.24, 2.45) is 0 Å². The van der Waals surface area contributed by atoms with Gasteiger partial charge in [-0.3, -0.25) is 9.10 Å². The molecule has 0 spiro atoms. The summed E-state index contributed by atoms with van der Waals surface area (Å²) in [4.78, 5) is 14.3. The number of carbonyl (C=O) groups excluding carboxylic acids is 1. The molecule has 3 aromatic rings. The Morgan fingerprint density at radius 3 is 2.53 bits per heavy atom. The number of nitrogens with zero attached hydrogens (tertiary/aromatic N) is 1. The third-order valence-corrected chi connectivity index (χ3v) is 8.81. The van der Waals surface area contributed by atoms with Crippen LogP contribution in [0.4, 0.5) is 11.4 Å². The van der Waals surface area contributed by atoms with Gasteiger partial charge in [0.25, 0.3) is 10.0 Å². The summed E-state index contributed by atoms with van der Waals surface area (Å²) in [5.74, 6) is 0.00601. The van der Waals surface area contributed by atoms with Crippen LogP contribution in [0.15, 0.2) is 82.2 Å². The molecule has 1 aliphatic heterocycles. The molecule has 2 aromatic carbocycles. The van der Waals surface area contributed by atoms with E-state index in [1.807, 2.05) is 60.8 Å². The molecule has 0 unspecified atom stereocenters. The number of carbonyl (C=O) groups is 1. The van der Waals surface area contributed by atoms with Crippen molar-refractivity contribution in [2.45, 2.75) is 43.5 Å². The van der Waals surface area contributed by atoms with Gasteiger partial charge in [-0.1, -0.05) is 37.3 Å². The maximum Gasteiger partial charge on any atom is 0.265 e. The van der Waals surface area contributed by atoms with Gasteiger partial charge in [-0.2, -0.15) is 0 Å². The number of allylic oxidation sites excluding steroid dienone is 1. The second-order valence-electron chi connectivity index (χ2n) is 8.03. The highest BCUT2D eigenvalue weighted by Gasteiger charge is 2.42. The zero-order valence-corrected chi connectivity index (χ0v) is 19.4. The largest absolute Gasteiger partial charge is 0.357 e. The average molecular weight is 465 g/mol. The second kappa shape index (κ2) is 8.22. The van der Waals surface area contributed by atoms with Crippen molar-refractivity contribution in [3.05, 3.63) is 87.8 Å². The molecular weight excluding hydrogens is 440 g/mol.